The van der Waals surface area contributed by atoms with Crippen LogP contribution in [0.15, 0.2) is 27.5 Å². The van der Waals surface area contributed by atoms with Gasteiger partial charge >= 0.3 is 0 Å². The molecule has 1 N–H and O–H groups in total. The fourth-order valence-electron chi connectivity index (χ4n) is 2.09. The molecule has 1 aliphatic carbocycles. The summed E-state index contributed by atoms with van der Waals surface area (Å²) in [6, 6.07) is 4.17. The van der Waals surface area contributed by atoms with Crippen LogP contribution in [0.4, 0.5) is 4.39 Å². The second kappa shape index (κ2) is 3.57. The van der Waals surface area contributed by atoms with Crippen molar-refractivity contribution in [2.24, 2.45) is 0 Å². The predicted molar refractivity (Wildman–Crippen MR) is 65.8 cm³/mol. The lowest BCUT2D eigenvalue weighted by atomic mass is 10.2. The number of hydrogen-bond donors (Lipinski definition) is 1. The molecule has 17 heavy (non-hydrogen) atoms. The van der Waals surface area contributed by atoms with Gasteiger partial charge in [0.05, 0.1) is 10.9 Å². The average Bonchev–Trinajstić information content (AvgIpc) is 2.99. The van der Waals surface area contributed by atoms with Crippen LogP contribution in [-0.2, 0) is 0 Å². The average molecular weight is 298 g/mol. The van der Waals surface area contributed by atoms with Gasteiger partial charge in [0, 0.05) is 16.6 Å². The molecule has 0 spiro atoms. The maximum atomic E-state index is 13.8. The monoisotopic (exact) mass is 297 g/mol. The summed E-state index contributed by atoms with van der Waals surface area (Å²) in [6.45, 7) is 0. The van der Waals surface area contributed by atoms with Crippen LogP contribution in [-0.4, -0.2) is 9.67 Å². The second-order valence-electron chi connectivity index (χ2n) is 4.25. The fourth-order valence-corrected chi connectivity index (χ4v) is 2.51. The molecule has 1 heterocycles. The van der Waals surface area contributed by atoms with E-state index in [1.54, 1.807) is 10.6 Å². The molecule has 0 unspecified atom stereocenters. The minimum atomic E-state index is -0.527. The van der Waals surface area contributed by atoms with Gasteiger partial charge in [0.15, 0.2) is 0 Å². The molecule has 0 atom stereocenters. The molecular weight excluding hydrogens is 289 g/mol. The molecule has 0 aliphatic heterocycles. The van der Waals surface area contributed by atoms with Crippen molar-refractivity contribution in [2.45, 2.75) is 18.9 Å². The van der Waals surface area contributed by atoms with E-state index in [-0.39, 0.29) is 22.7 Å². The summed E-state index contributed by atoms with van der Waals surface area (Å²) in [7, 11) is 0. The molecule has 2 aromatic rings. The number of aromatic hydroxyl groups is 1. The Morgan fingerprint density at radius 3 is 2.71 bits per heavy atom. The van der Waals surface area contributed by atoms with Crippen molar-refractivity contribution >= 4 is 26.8 Å². The first kappa shape index (κ1) is 10.8. The lowest BCUT2D eigenvalue weighted by Crippen LogP contribution is -2.18. The first-order valence-electron chi connectivity index (χ1n) is 5.31. The summed E-state index contributed by atoms with van der Waals surface area (Å²) in [5.74, 6) is -0.826. The first-order valence-corrected chi connectivity index (χ1v) is 6.10. The molecule has 0 bridgehead atoms. The maximum absolute atomic E-state index is 13.8. The highest BCUT2D eigenvalue weighted by Crippen LogP contribution is 2.38. The van der Waals surface area contributed by atoms with E-state index in [2.05, 4.69) is 15.9 Å². The summed E-state index contributed by atoms with van der Waals surface area (Å²) in [4.78, 5) is 11.8. The topological polar surface area (TPSA) is 42.2 Å². The Bertz CT molecular complexity index is 676. The number of fused-ring (bicyclic) bond motifs is 1. The molecule has 3 rings (SSSR count). The zero-order chi connectivity index (χ0) is 12.2. The van der Waals surface area contributed by atoms with Gasteiger partial charge in [0.2, 0.25) is 0 Å². The third-order valence-corrected chi connectivity index (χ3v) is 3.42. The van der Waals surface area contributed by atoms with E-state index in [4.69, 9.17) is 0 Å². The molecule has 1 aromatic heterocycles. The standard InChI is InChI=1S/C12H9BrFNO2/c13-6-3-8(14)12-9(4-6)15(7-1-2-7)11(17)5-10(12)16/h3-5,7,16H,1-2H2. The quantitative estimate of drug-likeness (QED) is 0.879. The normalized spacial score (nSPS) is 15.4. The Morgan fingerprint density at radius 1 is 1.35 bits per heavy atom. The lowest BCUT2D eigenvalue weighted by molar-refractivity contribution is 0.475. The molecule has 3 nitrogen and oxygen atoms in total. The number of hydrogen-bond acceptors (Lipinski definition) is 2. The van der Waals surface area contributed by atoms with Crippen molar-refractivity contribution in [3.05, 3.63) is 38.8 Å². The van der Waals surface area contributed by atoms with E-state index in [0.717, 1.165) is 18.9 Å². The van der Waals surface area contributed by atoms with Crippen LogP contribution in [0.2, 0.25) is 0 Å². The largest absolute Gasteiger partial charge is 0.507 e. The van der Waals surface area contributed by atoms with E-state index in [1.165, 1.54) is 6.07 Å². The van der Waals surface area contributed by atoms with Crippen LogP contribution < -0.4 is 5.56 Å². The molecule has 88 valence electrons. The van der Waals surface area contributed by atoms with Gasteiger partial charge in [-0.2, -0.15) is 0 Å². The van der Waals surface area contributed by atoms with E-state index in [9.17, 15) is 14.3 Å². The summed E-state index contributed by atoms with van der Waals surface area (Å²) < 4.78 is 15.9. The fraction of sp³-hybridized carbons (Fsp3) is 0.250. The molecule has 1 aromatic carbocycles. The zero-order valence-electron chi connectivity index (χ0n) is 8.78. The van der Waals surface area contributed by atoms with Gasteiger partial charge in [-0.15, -0.1) is 0 Å². The Labute approximate surface area is 105 Å². The van der Waals surface area contributed by atoms with Crippen LogP contribution in [0.5, 0.6) is 5.75 Å². The molecule has 5 heteroatoms. The second-order valence-corrected chi connectivity index (χ2v) is 5.17. The van der Waals surface area contributed by atoms with Crippen LogP contribution in [0, 0.1) is 5.82 Å². The Balaban J connectivity index is 2.51. The Hall–Kier alpha value is -1.36. The van der Waals surface area contributed by atoms with Crippen molar-refractivity contribution < 1.29 is 9.50 Å². The van der Waals surface area contributed by atoms with Crippen LogP contribution in [0.25, 0.3) is 10.9 Å². The molecule has 0 amide bonds. The van der Waals surface area contributed by atoms with Crippen LogP contribution in [0.1, 0.15) is 18.9 Å². The summed E-state index contributed by atoms with van der Waals surface area (Å²) in [6.07, 6.45) is 1.85. The van der Waals surface area contributed by atoms with Crippen LogP contribution >= 0.6 is 15.9 Å². The third kappa shape index (κ3) is 1.65. The molecule has 1 saturated carbocycles. The summed E-state index contributed by atoms with van der Waals surface area (Å²) in [5, 5.41) is 9.79. The van der Waals surface area contributed by atoms with Gasteiger partial charge in [0.1, 0.15) is 11.6 Å². The van der Waals surface area contributed by atoms with Crippen molar-refractivity contribution in [2.75, 3.05) is 0 Å². The number of halogens is 2. The zero-order valence-corrected chi connectivity index (χ0v) is 10.4. The number of pyridine rings is 1. The van der Waals surface area contributed by atoms with E-state index in [1.807, 2.05) is 0 Å². The van der Waals surface area contributed by atoms with Gasteiger partial charge < -0.3 is 9.67 Å². The molecule has 1 fully saturated rings. The molecule has 0 radical (unpaired) electrons. The Morgan fingerprint density at radius 2 is 2.06 bits per heavy atom. The maximum Gasteiger partial charge on any atom is 0.254 e. The lowest BCUT2D eigenvalue weighted by Gasteiger charge is -2.11. The molecule has 0 saturated heterocycles. The third-order valence-electron chi connectivity index (χ3n) is 2.96. The van der Waals surface area contributed by atoms with Crippen molar-refractivity contribution in [1.29, 1.82) is 0 Å². The molecule has 1 aliphatic rings. The minimum absolute atomic E-state index is 0.111. The van der Waals surface area contributed by atoms with Crippen molar-refractivity contribution in [1.82, 2.24) is 4.57 Å². The van der Waals surface area contributed by atoms with Gasteiger partial charge in [-0.3, -0.25) is 4.79 Å². The van der Waals surface area contributed by atoms with Gasteiger partial charge in [-0.05, 0) is 25.0 Å². The molecular formula is C12H9BrFNO2. The highest BCUT2D eigenvalue weighted by molar-refractivity contribution is 9.10. The van der Waals surface area contributed by atoms with E-state index < -0.39 is 5.82 Å². The number of nitrogens with zero attached hydrogens (tertiary/aromatic N) is 1. The van der Waals surface area contributed by atoms with Gasteiger partial charge in [-0.25, -0.2) is 4.39 Å². The van der Waals surface area contributed by atoms with Crippen molar-refractivity contribution in [3.63, 3.8) is 0 Å². The first-order chi connectivity index (χ1) is 8.08. The number of aromatic nitrogens is 1. The summed E-state index contributed by atoms with van der Waals surface area (Å²) >= 11 is 3.20. The Kier molecular flexibility index (Phi) is 2.26. The SMILES string of the molecule is O=c1cc(O)c2c(F)cc(Br)cc2n1C1CC1. The summed E-state index contributed by atoms with van der Waals surface area (Å²) in [5.41, 5.74) is 0.166. The smallest absolute Gasteiger partial charge is 0.254 e. The minimum Gasteiger partial charge on any atom is -0.507 e. The van der Waals surface area contributed by atoms with Gasteiger partial charge in [-0.1, -0.05) is 15.9 Å². The highest BCUT2D eigenvalue weighted by atomic mass is 79.9. The number of benzene rings is 1. The van der Waals surface area contributed by atoms with E-state index in [0.29, 0.717) is 9.99 Å². The predicted octanol–water partition coefficient (Wildman–Crippen LogP) is 2.94. The number of rotatable bonds is 1. The van der Waals surface area contributed by atoms with Crippen molar-refractivity contribution in [3.8, 4) is 5.75 Å². The van der Waals surface area contributed by atoms with Gasteiger partial charge in [0.25, 0.3) is 5.56 Å². The van der Waals surface area contributed by atoms with Crippen LogP contribution in [0.3, 0.4) is 0 Å². The highest BCUT2D eigenvalue weighted by Gasteiger charge is 2.27. The van der Waals surface area contributed by atoms with E-state index >= 15 is 0 Å².